The highest BCUT2D eigenvalue weighted by atomic mass is 32.1. The quantitative estimate of drug-likeness (QED) is 0.820. The summed E-state index contributed by atoms with van der Waals surface area (Å²) in [6.45, 7) is 1.88. The highest BCUT2D eigenvalue weighted by molar-refractivity contribution is 7.09. The van der Waals surface area contributed by atoms with Gasteiger partial charge in [-0.1, -0.05) is 0 Å². The van der Waals surface area contributed by atoms with E-state index >= 15 is 0 Å². The van der Waals surface area contributed by atoms with Crippen molar-refractivity contribution in [3.05, 3.63) is 29.0 Å². The molecule has 0 bridgehead atoms. The number of carboxylic acid groups (broad SMARTS) is 1. The second-order valence-electron chi connectivity index (χ2n) is 6.46. The number of hydrogen-bond acceptors (Lipinski definition) is 6. The zero-order valence-corrected chi connectivity index (χ0v) is 15.7. The largest absolute Gasteiger partial charge is 0.490 e. The fraction of sp³-hybridized carbons (Fsp3) is 0.500. The van der Waals surface area contributed by atoms with Gasteiger partial charge in [0.1, 0.15) is 5.01 Å². The van der Waals surface area contributed by atoms with Gasteiger partial charge in [0.25, 0.3) is 0 Å². The van der Waals surface area contributed by atoms with Crippen LogP contribution in [-0.4, -0.2) is 61.5 Å². The van der Waals surface area contributed by atoms with Crippen molar-refractivity contribution in [3.63, 3.8) is 0 Å². The summed E-state index contributed by atoms with van der Waals surface area (Å²) in [7, 11) is 1.88. The number of fused-ring (bicyclic) bond motifs is 1. The van der Waals surface area contributed by atoms with Gasteiger partial charge in [-0.2, -0.15) is 18.3 Å². The van der Waals surface area contributed by atoms with Crippen molar-refractivity contribution in [2.45, 2.75) is 37.6 Å². The monoisotopic (exact) mass is 417 g/mol. The summed E-state index contributed by atoms with van der Waals surface area (Å²) in [4.78, 5) is 30.0. The minimum absolute atomic E-state index is 0.210. The van der Waals surface area contributed by atoms with Crippen molar-refractivity contribution in [2.24, 2.45) is 7.05 Å². The topological polar surface area (TPSA) is 91.6 Å². The number of carbonyl (C=O) groups excluding carboxylic acids is 1. The van der Waals surface area contributed by atoms with Crippen LogP contribution in [0, 0.1) is 0 Å². The standard InChI is InChI=1S/C14H17N5OS.C2HF3O2/c1-17-8-10(7-16-17)19-11-2-4-18(12(11)6-14(19)20)9-13-15-3-5-21-13;3-2(4,5)1(6)7/h3,5,7-8,11-12H,2,4,6,9H2,1H3;(H,6,7)/t11-,12+;/m0./s1. The molecule has 0 spiro atoms. The van der Waals surface area contributed by atoms with E-state index in [0.29, 0.717) is 12.5 Å². The molecule has 4 rings (SSSR count). The van der Waals surface area contributed by atoms with Gasteiger partial charge in [-0.25, -0.2) is 9.78 Å². The number of aromatic nitrogens is 3. The van der Waals surface area contributed by atoms with Gasteiger partial charge in [0.05, 0.1) is 24.5 Å². The molecule has 0 aromatic carbocycles. The smallest absolute Gasteiger partial charge is 0.475 e. The number of alkyl halides is 3. The van der Waals surface area contributed by atoms with E-state index in [2.05, 4.69) is 15.0 Å². The number of nitrogens with zero attached hydrogens (tertiary/aromatic N) is 5. The Bertz CT molecular complexity index is 839. The second-order valence-corrected chi connectivity index (χ2v) is 7.44. The van der Waals surface area contributed by atoms with Gasteiger partial charge in [0, 0.05) is 43.8 Å². The number of amides is 1. The van der Waals surface area contributed by atoms with Crippen molar-refractivity contribution in [2.75, 3.05) is 11.4 Å². The first kappa shape index (κ1) is 20.3. The summed E-state index contributed by atoms with van der Waals surface area (Å²) in [5.74, 6) is -2.55. The van der Waals surface area contributed by atoms with E-state index in [1.165, 1.54) is 0 Å². The number of carbonyl (C=O) groups is 2. The number of hydrogen-bond donors (Lipinski definition) is 1. The highest BCUT2D eigenvalue weighted by Gasteiger charge is 2.47. The molecule has 28 heavy (non-hydrogen) atoms. The first-order valence-corrected chi connectivity index (χ1v) is 9.28. The van der Waals surface area contributed by atoms with Crippen LogP contribution in [0.1, 0.15) is 17.8 Å². The molecular formula is C16H18F3N5O3S. The summed E-state index contributed by atoms with van der Waals surface area (Å²) in [5, 5.41) is 14.4. The maximum atomic E-state index is 12.4. The van der Waals surface area contributed by atoms with Crippen LogP contribution in [0.4, 0.5) is 18.9 Å². The molecule has 152 valence electrons. The molecule has 0 saturated carbocycles. The molecule has 2 saturated heterocycles. The second kappa shape index (κ2) is 7.87. The molecule has 0 aliphatic carbocycles. The van der Waals surface area contributed by atoms with Crippen LogP contribution in [0.3, 0.4) is 0 Å². The van der Waals surface area contributed by atoms with Gasteiger partial charge in [-0.3, -0.25) is 14.4 Å². The minimum Gasteiger partial charge on any atom is -0.475 e. The molecule has 0 radical (unpaired) electrons. The van der Waals surface area contributed by atoms with Crippen molar-refractivity contribution in [1.29, 1.82) is 0 Å². The van der Waals surface area contributed by atoms with E-state index in [4.69, 9.17) is 9.90 Å². The number of aryl methyl sites for hydroxylation is 1. The Balaban J connectivity index is 0.000000279. The summed E-state index contributed by atoms with van der Waals surface area (Å²) in [6.07, 6.45) is 2.09. The van der Waals surface area contributed by atoms with Crippen LogP contribution < -0.4 is 4.90 Å². The van der Waals surface area contributed by atoms with Crippen molar-refractivity contribution in [3.8, 4) is 0 Å². The number of likely N-dealkylation sites (tertiary alicyclic amines) is 1. The van der Waals surface area contributed by atoms with E-state index < -0.39 is 12.1 Å². The van der Waals surface area contributed by atoms with Gasteiger partial charge in [-0.05, 0) is 6.42 Å². The van der Waals surface area contributed by atoms with Crippen LogP contribution in [0.2, 0.25) is 0 Å². The Labute approximate surface area is 162 Å². The van der Waals surface area contributed by atoms with E-state index in [0.717, 1.165) is 30.2 Å². The first-order chi connectivity index (χ1) is 13.2. The van der Waals surface area contributed by atoms with E-state index in [1.807, 2.05) is 29.7 Å². The van der Waals surface area contributed by atoms with E-state index in [-0.39, 0.29) is 11.9 Å². The molecule has 2 atom stereocenters. The molecule has 1 N–H and O–H groups in total. The maximum absolute atomic E-state index is 12.4. The van der Waals surface area contributed by atoms with Gasteiger partial charge in [0.2, 0.25) is 5.91 Å². The average Bonchev–Trinajstić information content (AvgIpc) is 3.35. The lowest BCUT2D eigenvalue weighted by molar-refractivity contribution is -0.192. The number of rotatable bonds is 3. The fourth-order valence-corrected chi connectivity index (χ4v) is 4.14. The predicted molar refractivity (Wildman–Crippen MR) is 93.7 cm³/mol. The zero-order chi connectivity index (χ0) is 20.5. The summed E-state index contributed by atoms with van der Waals surface area (Å²) in [6, 6.07) is 0.586. The zero-order valence-electron chi connectivity index (χ0n) is 14.8. The van der Waals surface area contributed by atoms with E-state index in [1.54, 1.807) is 22.2 Å². The lowest BCUT2D eigenvalue weighted by Crippen LogP contribution is -2.37. The molecule has 0 unspecified atom stereocenters. The van der Waals surface area contributed by atoms with Crippen LogP contribution in [-0.2, 0) is 23.2 Å². The highest BCUT2D eigenvalue weighted by Crippen LogP contribution is 2.36. The number of thiazole rings is 1. The molecule has 4 heterocycles. The molecule has 2 fully saturated rings. The lowest BCUT2D eigenvalue weighted by atomic mass is 10.1. The summed E-state index contributed by atoms with van der Waals surface area (Å²) in [5.41, 5.74) is 0.922. The molecule has 12 heteroatoms. The summed E-state index contributed by atoms with van der Waals surface area (Å²) >= 11 is 1.68. The molecule has 2 aliphatic heterocycles. The van der Waals surface area contributed by atoms with Crippen molar-refractivity contribution in [1.82, 2.24) is 19.7 Å². The van der Waals surface area contributed by atoms with Crippen molar-refractivity contribution < 1.29 is 27.9 Å². The minimum atomic E-state index is -5.08. The third-order valence-electron chi connectivity index (χ3n) is 4.64. The Morgan fingerprint density at radius 1 is 1.39 bits per heavy atom. The average molecular weight is 417 g/mol. The molecular weight excluding hydrogens is 399 g/mol. The molecule has 2 aromatic heterocycles. The van der Waals surface area contributed by atoms with Gasteiger partial charge in [0.15, 0.2) is 0 Å². The Hall–Kier alpha value is -2.47. The number of halogens is 3. The SMILES string of the molecule is Cn1cc(N2C(=O)C[C@@H]3[C@@H]2CCN3Cc2nccs2)cn1.O=C(O)C(F)(F)F. The molecule has 2 aliphatic rings. The Morgan fingerprint density at radius 2 is 2.11 bits per heavy atom. The van der Waals surface area contributed by atoms with Crippen molar-refractivity contribution >= 4 is 28.9 Å². The van der Waals surface area contributed by atoms with Gasteiger partial charge in [-0.15, -0.1) is 11.3 Å². The Kier molecular flexibility index (Phi) is 5.70. The predicted octanol–water partition coefficient (Wildman–Crippen LogP) is 1.89. The normalized spacial score (nSPS) is 22.1. The third-order valence-corrected chi connectivity index (χ3v) is 5.41. The van der Waals surface area contributed by atoms with E-state index in [9.17, 15) is 18.0 Å². The number of aliphatic carboxylic acids is 1. The first-order valence-electron chi connectivity index (χ1n) is 8.40. The van der Waals surface area contributed by atoms with Crippen LogP contribution >= 0.6 is 11.3 Å². The van der Waals surface area contributed by atoms with Gasteiger partial charge < -0.3 is 10.0 Å². The fourth-order valence-electron chi connectivity index (χ4n) is 3.50. The molecule has 2 aromatic rings. The van der Waals surface area contributed by atoms with Crippen LogP contribution in [0.15, 0.2) is 24.0 Å². The maximum Gasteiger partial charge on any atom is 0.490 e. The lowest BCUT2D eigenvalue weighted by Gasteiger charge is -2.23. The number of carboxylic acids is 1. The molecule has 1 amide bonds. The summed E-state index contributed by atoms with van der Waals surface area (Å²) < 4.78 is 33.5. The number of anilines is 1. The van der Waals surface area contributed by atoms with Crippen LogP contribution in [0.25, 0.3) is 0 Å². The third kappa shape index (κ3) is 4.33. The Morgan fingerprint density at radius 3 is 2.64 bits per heavy atom. The van der Waals surface area contributed by atoms with Crippen LogP contribution in [0.5, 0.6) is 0 Å². The molecule has 8 nitrogen and oxygen atoms in total. The van der Waals surface area contributed by atoms with Gasteiger partial charge >= 0.3 is 12.1 Å².